The average molecular weight is 443 g/mol. The minimum Gasteiger partial charge on any atom is -0.357 e. The zero-order valence-electron chi connectivity index (χ0n) is 14.1. The van der Waals surface area contributed by atoms with Crippen LogP contribution in [0.5, 0.6) is 0 Å². The minimum absolute atomic E-state index is 0. The van der Waals surface area contributed by atoms with E-state index in [4.69, 9.17) is 6.42 Å². The van der Waals surface area contributed by atoms with Crippen LogP contribution in [0.15, 0.2) is 23.5 Å². The van der Waals surface area contributed by atoms with E-state index in [1.54, 1.807) is 12.4 Å². The van der Waals surface area contributed by atoms with E-state index in [2.05, 4.69) is 41.3 Å². The van der Waals surface area contributed by atoms with Crippen LogP contribution in [-0.4, -0.2) is 73.2 Å². The van der Waals surface area contributed by atoms with Crippen molar-refractivity contribution in [2.45, 2.75) is 6.92 Å². The quantitative estimate of drug-likeness (QED) is 0.287. The molecule has 1 aromatic rings. The predicted octanol–water partition coefficient (Wildman–Crippen LogP) is 0.405. The van der Waals surface area contributed by atoms with Crippen LogP contribution in [0.4, 0.5) is 5.95 Å². The molecule has 2 N–H and O–H groups in total. The fraction of sp³-hybridized carbons (Fsp3) is 0.562. The second kappa shape index (κ2) is 11.9. The standard InChI is InChI=1S/C16H25N7.HI/c1-3-6-18-15(17-4-2)19-9-10-22-11-13-23(14-12-22)16-20-7-5-8-21-16;/h1,5,7-8H,4,6,9-14H2,2H3,(H2,17,18,19);1H. The number of halogens is 1. The first-order chi connectivity index (χ1) is 11.3. The van der Waals surface area contributed by atoms with Gasteiger partial charge in [-0.1, -0.05) is 5.92 Å². The molecule has 1 saturated heterocycles. The highest BCUT2D eigenvalue weighted by molar-refractivity contribution is 14.0. The van der Waals surface area contributed by atoms with Crippen LogP contribution in [-0.2, 0) is 0 Å². The van der Waals surface area contributed by atoms with Crippen LogP contribution in [0.1, 0.15) is 6.92 Å². The van der Waals surface area contributed by atoms with Crippen molar-refractivity contribution in [3.05, 3.63) is 18.5 Å². The molecule has 0 saturated carbocycles. The highest BCUT2D eigenvalue weighted by Crippen LogP contribution is 2.09. The molecule has 24 heavy (non-hydrogen) atoms. The van der Waals surface area contributed by atoms with E-state index < -0.39 is 0 Å². The molecule has 0 amide bonds. The third-order valence-electron chi connectivity index (χ3n) is 3.60. The summed E-state index contributed by atoms with van der Waals surface area (Å²) < 4.78 is 0. The van der Waals surface area contributed by atoms with Gasteiger partial charge >= 0.3 is 0 Å². The Hall–Kier alpha value is -1.60. The monoisotopic (exact) mass is 443 g/mol. The summed E-state index contributed by atoms with van der Waals surface area (Å²) in [6, 6.07) is 1.84. The van der Waals surface area contributed by atoms with Gasteiger partial charge in [0.05, 0.1) is 13.1 Å². The van der Waals surface area contributed by atoms with Crippen molar-refractivity contribution < 1.29 is 0 Å². The van der Waals surface area contributed by atoms with E-state index in [-0.39, 0.29) is 24.0 Å². The van der Waals surface area contributed by atoms with Crippen molar-refractivity contribution in [2.75, 3.05) is 57.3 Å². The molecule has 8 heteroatoms. The molecule has 0 aliphatic carbocycles. The summed E-state index contributed by atoms with van der Waals surface area (Å²) in [5.41, 5.74) is 0. The zero-order valence-corrected chi connectivity index (χ0v) is 16.4. The predicted molar refractivity (Wildman–Crippen MR) is 109 cm³/mol. The largest absolute Gasteiger partial charge is 0.357 e. The highest BCUT2D eigenvalue weighted by atomic mass is 127. The third kappa shape index (κ3) is 6.88. The molecule has 1 aliphatic rings. The van der Waals surface area contributed by atoms with E-state index in [0.717, 1.165) is 57.7 Å². The second-order valence-corrected chi connectivity index (χ2v) is 5.20. The average Bonchev–Trinajstić information content (AvgIpc) is 2.61. The Morgan fingerprint density at radius 1 is 1.25 bits per heavy atom. The lowest BCUT2D eigenvalue weighted by molar-refractivity contribution is 0.263. The Bertz CT molecular complexity index is 521. The summed E-state index contributed by atoms with van der Waals surface area (Å²) in [5, 5.41) is 6.28. The topological polar surface area (TPSA) is 68.7 Å². The van der Waals surface area contributed by atoms with Crippen LogP contribution in [0.25, 0.3) is 0 Å². The number of hydrogen-bond donors (Lipinski definition) is 2. The maximum atomic E-state index is 5.26. The molecule has 0 spiro atoms. The molecule has 0 atom stereocenters. The van der Waals surface area contributed by atoms with Crippen molar-refractivity contribution in [2.24, 2.45) is 4.99 Å². The van der Waals surface area contributed by atoms with Gasteiger partial charge in [0.2, 0.25) is 5.95 Å². The molecule has 1 fully saturated rings. The Labute approximate surface area is 161 Å². The molecule has 132 valence electrons. The number of anilines is 1. The highest BCUT2D eigenvalue weighted by Gasteiger charge is 2.18. The number of guanidine groups is 1. The first-order valence-corrected chi connectivity index (χ1v) is 8.03. The van der Waals surface area contributed by atoms with E-state index in [1.165, 1.54) is 0 Å². The fourth-order valence-corrected chi connectivity index (χ4v) is 2.41. The molecule has 0 bridgehead atoms. The Balaban J connectivity index is 0.00000288. The molecule has 0 aromatic carbocycles. The number of rotatable bonds is 6. The Morgan fingerprint density at radius 2 is 1.96 bits per heavy atom. The molecular formula is C16H26IN7. The number of hydrogen-bond acceptors (Lipinski definition) is 5. The van der Waals surface area contributed by atoms with Crippen LogP contribution in [0.3, 0.4) is 0 Å². The maximum absolute atomic E-state index is 5.26. The Morgan fingerprint density at radius 3 is 2.58 bits per heavy atom. The number of terminal acetylenes is 1. The van der Waals surface area contributed by atoms with Gasteiger partial charge in [0.25, 0.3) is 0 Å². The van der Waals surface area contributed by atoms with Gasteiger partial charge in [-0.2, -0.15) is 0 Å². The molecule has 7 nitrogen and oxygen atoms in total. The van der Waals surface area contributed by atoms with Gasteiger partial charge in [-0.15, -0.1) is 30.4 Å². The summed E-state index contributed by atoms with van der Waals surface area (Å²) in [6.45, 7) is 8.94. The van der Waals surface area contributed by atoms with Crippen molar-refractivity contribution in [3.63, 3.8) is 0 Å². The van der Waals surface area contributed by atoms with Crippen LogP contribution in [0.2, 0.25) is 0 Å². The van der Waals surface area contributed by atoms with E-state index in [9.17, 15) is 0 Å². The molecule has 1 aromatic heterocycles. The van der Waals surface area contributed by atoms with Crippen molar-refractivity contribution in [1.29, 1.82) is 0 Å². The molecular weight excluding hydrogens is 417 g/mol. The fourth-order valence-electron chi connectivity index (χ4n) is 2.41. The number of aromatic nitrogens is 2. The van der Waals surface area contributed by atoms with Crippen molar-refractivity contribution in [3.8, 4) is 12.3 Å². The molecule has 1 aliphatic heterocycles. The number of aliphatic imine (C=N–C) groups is 1. The summed E-state index contributed by atoms with van der Waals surface area (Å²) in [6.07, 6.45) is 8.83. The number of nitrogens with zero attached hydrogens (tertiary/aromatic N) is 5. The van der Waals surface area contributed by atoms with Gasteiger partial charge in [0.15, 0.2) is 5.96 Å². The second-order valence-electron chi connectivity index (χ2n) is 5.20. The lowest BCUT2D eigenvalue weighted by atomic mass is 10.3. The van der Waals surface area contributed by atoms with Gasteiger partial charge < -0.3 is 15.5 Å². The smallest absolute Gasteiger partial charge is 0.225 e. The van der Waals surface area contributed by atoms with Crippen LogP contribution in [0, 0.1) is 12.3 Å². The normalized spacial score (nSPS) is 15.3. The Kier molecular flexibility index (Phi) is 10.1. The first-order valence-electron chi connectivity index (χ1n) is 8.03. The third-order valence-corrected chi connectivity index (χ3v) is 3.60. The summed E-state index contributed by atoms with van der Waals surface area (Å²) in [7, 11) is 0. The van der Waals surface area contributed by atoms with Gasteiger partial charge in [0.1, 0.15) is 0 Å². The van der Waals surface area contributed by atoms with Gasteiger partial charge in [-0.25, -0.2) is 9.97 Å². The van der Waals surface area contributed by atoms with Crippen LogP contribution >= 0.6 is 24.0 Å². The van der Waals surface area contributed by atoms with Gasteiger partial charge in [0, 0.05) is 51.7 Å². The number of nitrogens with one attached hydrogen (secondary N) is 2. The lowest BCUT2D eigenvalue weighted by Crippen LogP contribution is -2.47. The van der Waals surface area contributed by atoms with Gasteiger partial charge in [-0.3, -0.25) is 9.89 Å². The summed E-state index contributed by atoms with van der Waals surface area (Å²) in [4.78, 5) is 17.8. The number of piperazine rings is 1. The minimum atomic E-state index is 0. The SMILES string of the molecule is C#CCNC(=NCCN1CCN(c2ncccn2)CC1)NCC.I. The molecule has 0 radical (unpaired) electrons. The van der Waals surface area contributed by atoms with Crippen molar-refractivity contribution in [1.82, 2.24) is 25.5 Å². The van der Waals surface area contributed by atoms with Crippen LogP contribution < -0.4 is 15.5 Å². The molecule has 2 heterocycles. The van der Waals surface area contributed by atoms with Gasteiger partial charge in [-0.05, 0) is 13.0 Å². The van der Waals surface area contributed by atoms with Crippen molar-refractivity contribution >= 4 is 35.9 Å². The molecule has 0 unspecified atom stereocenters. The summed E-state index contributed by atoms with van der Waals surface area (Å²) in [5.74, 6) is 4.15. The van der Waals surface area contributed by atoms with E-state index in [1.807, 2.05) is 13.0 Å². The van der Waals surface area contributed by atoms with E-state index >= 15 is 0 Å². The van der Waals surface area contributed by atoms with E-state index in [0.29, 0.717) is 6.54 Å². The summed E-state index contributed by atoms with van der Waals surface area (Å²) >= 11 is 0. The molecule has 2 rings (SSSR count). The first kappa shape index (κ1) is 20.4. The lowest BCUT2D eigenvalue weighted by Gasteiger charge is -2.34. The maximum Gasteiger partial charge on any atom is 0.225 e. The zero-order chi connectivity index (χ0) is 16.3.